The summed E-state index contributed by atoms with van der Waals surface area (Å²) in [7, 11) is 0. The lowest BCUT2D eigenvalue weighted by Crippen LogP contribution is -2.33. The molecule has 4 N–H and O–H groups in total. The van der Waals surface area contributed by atoms with E-state index in [1.807, 2.05) is 18.2 Å². The molecule has 0 bridgehead atoms. The first-order valence-corrected chi connectivity index (χ1v) is 8.79. The Morgan fingerprint density at radius 1 is 1.16 bits per heavy atom. The number of rotatable bonds is 7. The van der Waals surface area contributed by atoms with Gasteiger partial charge in [0.15, 0.2) is 5.96 Å². The van der Waals surface area contributed by atoms with Gasteiger partial charge in [0.2, 0.25) is 0 Å². The van der Waals surface area contributed by atoms with E-state index in [0.717, 1.165) is 31.5 Å². The minimum absolute atomic E-state index is 0.491. The van der Waals surface area contributed by atoms with Gasteiger partial charge in [-0.25, -0.2) is 0 Å². The van der Waals surface area contributed by atoms with Crippen molar-refractivity contribution in [1.29, 1.82) is 0 Å². The standard InChI is InChI=1S/C20H25N5/c1-2-15-6-5-8-18-16(14-25-19(15)18)9-12-23-20(21)24-13-10-17-7-3-4-11-22-17/h3-8,11,14,25H,2,9-10,12-13H2,1H3,(H3,21,23,24). The molecule has 2 aromatic heterocycles. The third-order valence-corrected chi connectivity index (χ3v) is 4.35. The number of hydrogen-bond acceptors (Lipinski definition) is 2. The van der Waals surface area contributed by atoms with Crippen LogP contribution in [0.2, 0.25) is 0 Å². The Balaban J connectivity index is 1.50. The van der Waals surface area contributed by atoms with Gasteiger partial charge in [-0.3, -0.25) is 9.98 Å². The summed E-state index contributed by atoms with van der Waals surface area (Å²) in [5, 5.41) is 4.49. The van der Waals surface area contributed by atoms with Crippen LogP contribution >= 0.6 is 0 Å². The molecule has 0 aliphatic heterocycles. The van der Waals surface area contributed by atoms with Gasteiger partial charge in [0.1, 0.15) is 0 Å². The number of H-pyrrole nitrogens is 1. The highest BCUT2D eigenvalue weighted by Crippen LogP contribution is 2.22. The highest BCUT2D eigenvalue weighted by atomic mass is 15.1. The van der Waals surface area contributed by atoms with Crippen molar-refractivity contribution in [1.82, 2.24) is 15.3 Å². The van der Waals surface area contributed by atoms with Crippen LogP contribution < -0.4 is 11.1 Å². The Labute approximate surface area is 148 Å². The largest absolute Gasteiger partial charge is 0.370 e. The Kier molecular flexibility index (Phi) is 5.67. The maximum Gasteiger partial charge on any atom is 0.188 e. The number of nitrogens with two attached hydrogens (primary N) is 1. The van der Waals surface area contributed by atoms with Crippen LogP contribution in [-0.4, -0.2) is 29.0 Å². The zero-order valence-electron chi connectivity index (χ0n) is 14.6. The number of aromatic amines is 1. The van der Waals surface area contributed by atoms with Crippen LogP contribution in [0.5, 0.6) is 0 Å². The molecule has 3 aromatic rings. The summed E-state index contributed by atoms with van der Waals surface area (Å²) in [5.74, 6) is 0.491. The second-order valence-corrected chi connectivity index (χ2v) is 6.02. The summed E-state index contributed by atoms with van der Waals surface area (Å²) >= 11 is 0. The molecule has 0 unspecified atom stereocenters. The van der Waals surface area contributed by atoms with Crippen LogP contribution in [-0.2, 0) is 19.3 Å². The number of benzene rings is 1. The number of aliphatic imine (C=N–C) groups is 1. The van der Waals surface area contributed by atoms with Crippen molar-refractivity contribution in [2.75, 3.05) is 13.1 Å². The van der Waals surface area contributed by atoms with Gasteiger partial charge >= 0.3 is 0 Å². The average molecular weight is 335 g/mol. The van der Waals surface area contributed by atoms with E-state index in [0.29, 0.717) is 12.5 Å². The van der Waals surface area contributed by atoms with Crippen LogP contribution in [0.15, 0.2) is 53.8 Å². The van der Waals surface area contributed by atoms with Gasteiger partial charge in [-0.15, -0.1) is 0 Å². The van der Waals surface area contributed by atoms with Gasteiger partial charge in [0.05, 0.1) is 0 Å². The topological polar surface area (TPSA) is 79.1 Å². The zero-order chi connectivity index (χ0) is 17.5. The second kappa shape index (κ2) is 8.33. The van der Waals surface area contributed by atoms with Crippen LogP contribution in [0, 0.1) is 0 Å². The fourth-order valence-electron chi connectivity index (χ4n) is 2.99. The number of nitrogens with one attached hydrogen (secondary N) is 2. The lowest BCUT2D eigenvalue weighted by atomic mass is 10.1. The summed E-state index contributed by atoms with van der Waals surface area (Å²) in [6, 6.07) is 12.4. The Bertz CT molecular complexity index is 836. The molecule has 1 aromatic carbocycles. The van der Waals surface area contributed by atoms with Gasteiger partial charge in [-0.05, 0) is 36.1 Å². The second-order valence-electron chi connectivity index (χ2n) is 6.02. The molecule has 0 aliphatic rings. The molecular formula is C20H25N5. The molecule has 5 heteroatoms. The van der Waals surface area contributed by atoms with E-state index >= 15 is 0 Å². The molecule has 0 saturated carbocycles. The van der Waals surface area contributed by atoms with E-state index in [1.54, 1.807) is 6.20 Å². The zero-order valence-corrected chi connectivity index (χ0v) is 14.6. The minimum Gasteiger partial charge on any atom is -0.370 e. The van der Waals surface area contributed by atoms with Crippen molar-refractivity contribution in [3.05, 3.63) is 65.6 Å². The molecule has 0 radical (unpaired) electrons. The summed E-state index contributed by atoms with van der Waals surface area (Å²) in [4.78, 5) is 12.0. The summed E-state index contributed by atoms with van der Waals surface area (Å²) in [6.45, 7) is 3.59. The number of aromatic nitrogens is 2. The van der Waals surface area contributed by atoms with E-state index in [1.165, 1.54) is 22.0 Å². The van der Waals surface area contributed by atoms with Crippen molar-refractivity contribution in [2.24, 2.45) is 10.7 Å². The van der Waals surface area contributed by atoms with Crippen LogP contribution in [0.4, 0.5) is 0 Å². The number of nitrogens with zero attached hydrogens (tertiary/aromatic N) is 2. The van der Waals surface area contributed by atoms with Crippen molar-refractivity contribution in [2.45, 2.75) is 26.2 Å². The molecule has 0 amide bonds. The van der Waals surface area contributed by atoms with E-state index in [2.05, 4.69) is 51.6 Å². The maximum atomic E-state index is 5.95. The Morgan fingerprint density at radius 2 is 2.08 bits per heavy atom. The summed E-state index contributed by atoms with van der Waals surface area (Å²) in [6.07, 6.45) is 6.63. The molecule has 0 saturated heterocycles. The first-order valence-electron chi connectivity index (χ1n) is 8.79. The van der Waals surface area contributed by atoms with Crippen molar-refractivity contribution in [3.8, 4) is 0 Å². The minimum atomic E-state index is 0.491. The normalized spacial score (nSPS) is 11.8. The molecule has 5 nitrogen and oxygen atoms in total. The molecule has 25 heavy (non-hydrogen) atoms. The number of fused-ring (bicyclic) bond motifs is 1. The molecule has 0 aliphatic carbocycles. The molecule has 3 rings (SSSR count). The average Bonchev–Trinajstić information content (AvgIpc) is 3.06. The maximum absolute atomic E-state index is 5.95. The first-order chi connectivity index (χ1) is 12.3. The van der Waals surface area contributed by atoms with Gasteiger partial charge in [-0.2, -0.15) is 0 Å². The number of pyridine rings is 1. The predicted molar refractivity (Wildman–Crippen MR) is 104 cm³/mol. The smallest absolute Gasteiger partial charge is 0.188 e. The quantitative estimate of drug-likeness (QED) is 0.459. The Morgan fingerprint density at radius 3 is 2.88 bits per heavy atom. The van der Waals surface area contributed by atoms with Gasteiger partial charge in [0, 0.05) is 48.5 Å². The first kappa shape index (κ1) is 17.0. The fourth-order valence-corrected chi connectivity index (χ4v) is 2.99. The van der Waals surface area contributed by atoms with Crippen molar-refractivity contribution < 1.29 is 0 Å². The van der Waals surface area contributed by atoms with Gasteiger partial charge < -0.3 is 16.0 Å². The third-order valence-electron chi connectivity index (χ3n) is 4.35. The highest BCUT2D eigenvalue weighted by molar-refractivity contribution is 5.86. The summed E-state index contributed by atoms with van der Waals surface area (Å²) < 4.78 is 0. The lowest BCUT2D eigenvalue weighted by Gasteiger charge is -2.06. The monoisotopic (exact) mass is 335 g/mol. The van der Waals surface area contributed by atoms with Gasteiger partial charge in [-0.1, -0.05) is 31.2 Å². The number of hydrogen-bond donors (Lipinski definition) is 3. The fraction of sp³-hybridized carbons (Fsp3) is 0.300. The van der Waals surface area contributed by atoms with Crippen LogP contribution in [0.3, 0.4) is 0 Å². The Hall–Kier alpha value is -2.82. The molecule has 0 atom stereocenters. The van der Waals surface area contributed by atoms with E-state index < -0.39 is 0 Å². The highest BCUT2D eigenvalue weighted by Gasteiger charge is 2.06. The number of guanidine groups is 1. The summed E-state index contributed by atoms with van der Waals surface area (Å²) in [5.41, 5.74) is 10.9. The molecule has 130 valence electrons. The van der Waals surface area contributed by atoms with Crippen LogP contribution in [0.1, 0.15) is 23.7 Å². The number of para-hydroxylation sites is 1. The van der Waals surface area contributed by atoms with Crippen molar-refractivity contribution in [3.63, 3.8) is 0 Å². The van der Waals surface area contributed by atoms with Gasteiger partial charge in [0.25, 0.3) is 0 Å². The van der Waals surface area contributed by atoms with E-state index in [4.69, 9.17) is 5.73 Å². The molecular weight excluding hydrogens is 310 g/mol. The van der Waals surface area contributed by atoms with E-state index in [9.17, 15) is 0 Å². The van der Waals surface area contributed by atoms with E-state index in [-0.39, 0.29) is 0 Å². The lowest BCUT2D eigenvalue weighted by molar-refractivity contribution is 0.842. The molecule has 0 fully saturated rings. The third kappa shape index (κ3) is 4.38. The van der Waals surface area contributed by atoms with Crippen molar-refractivity contribution >= 4 is 16.9 Å². The SMILES string of the molecule is CCc1cccc2c(CCNC(N)=NCCc3ccccn3)c[nH]c12. The molecule has 0 spiro atoms. The number of aryl methyl sites for hydroxylation is 1. The predicted octanol–water partition coefficient (Wildman–Crippen LogP) is 2.81. The van der Waals surface area contributed by atoms with Crippen LogP contribution in [0.25, 0.3) is 10.9 Å². The molecule has 2 heterocycles.